The van der Waals surface area contributed by atoms with Gasteiger partial charge in [0.15, 0.2) is 0 Å². The number of nitrogens with zero attached hydrogens (tertiary/aromatic N) is 1. The number of carboxylic acid groups (broad SMARTS) is 1. The van der Waals surface area contributed by atoms with Crippen LogP contribution >= 0.6 is 0 Å². The lowest BCUT2D eigenvalue weighted by atomic mass is 10.0. The number of hydrazine groups is 1. The number of morpholine rings is 1. The Balaban J connectivity index is 2.23. The summed E-state index contributed by atoms with van der Waals surface area (Å²) in [5.74, 6) is -1.76. The standard InChI is InChI=1S/C11H19N3O5/c1-8(7-10(16)17)6-9(15)12-11(18)13-14-2-4-19-5-3-14/h8H,2-7H2,1H3,(H,16,17)(H2,12,13,15,18). The first-order valence-corrected chi connectivity index (χ1v) is 6.12. The quantitative estimate of drug-likeness (QED) is 0.626. The molecule has 1 atom stereocenters. The molecule has 8 heteroatoms. The lowest BCUT2D eigenvalue weighted by Gasteiger charge is -2.26. The molecule has 0 bridgehead atoms. The molecule has 1 saturated heterocycles. The molecule has 1 unspecified atom stereocenters. The molecule has 0 radical (unpaired) electrons. The lowest BCUT2D eigenvalue weighted by Crippen LogP contribution is -2.52. The number of ether oxygens (including phenoxy) is 1. The van der Waals surface area contributed by atoms with Crippen LogP contribution in [0.5, 0.6) is 0 Å². The maximum absolute atomic E-state index is 11.5. The average Bonchev–Trinajstić information content (AvgIpc) is 2.28. The molecule has 0 aromatic rings. The monoisotopic (exact) mass is 273 g/mol. The summed E-state index contributed by atoms with van der Waals surface area (Å²) in [4.78, 5) is 33.4. The molecule has 1 fully saturated rings. The van der Waals surface area contributed by atoms with E-state index in [9.17, 15) is 14.4 Å². The molecule has 0 saturated carbocycles. The first kappa shape index (κ1) is 15.4. The second-order valence-corrected chi connectivity index (χ2v) is 4.50. The van der Waals surface area contributed by atoms with Crippen LogP contribution in [0.2, 0.25) is 0 Å². The average molecular weight is 273 g/mol. The van der Waals surface area contributed by atoms with Crippen LogP contribution in [0.3, 0.4) is 0 Å². The van der Waals surface area contributed by atoms with Gasteiger partial charge in [-0.1, -0.05) is 6.92 Å². The van der Waals surface area contributed by atoms with Gasteiger partial charge in [0.05, 0.1) is 13.2 Å². The summed E-state index contributed by atoms with van der Waals surface area (Å²) in [6, 6.07) is -0.602. The van der Waals surface area contributed by atoms with Crippen LogP contribution in [0.1, 0.15) is 19.8 Å². The fourth-order valence-corrected chi connectivity index (χ4v) is 1.71. The van der Waals surface area contributed by atoms with Gasteiger partial charge in [0, 0.05) is 25.9 Å². The molecule has 8 nitrogen and oxygen atoms in total. The lowest BCUT2D eigenvalue weighted by molar-refractivity contribution is -0.138. The minimum absolute atomic E-state index is 0.00281. The zero-order valence-electron chi connectivity index (χ0n) is 10.8. The van der Waals surface area contributed by atoms with Gasteiger partial charge in [-0.05, 0) is 5.92 Å². The first-order chi connectivity index (χ1) is 8.97. The molecule has 0 aromatic heterocycles. The van der Waals surface area contributed by atoms with Crippen molar-refractivity contribution in [3.8, 4) is 0 Å². The molecular formula is C11H19N3O5. The number of nitrogens with one attached hydrogen (secondary N) is 2. The van der Waals surface area contributed by atoms with Crippen LogP contribution in [-0.4, -0.2) is 54.3 Å². The topological polar surface area (TPSA) is 108 Å². The van der Waals surface area contributed by atoms with Gasteiger partial charge >= 0.3 is 12.0 Å². The second kappa shape index (κ2) is 7.70. The molecule has 1 rings (SSSR count). The number of carbonyl (C=O) groups is 3. The molecule has 0 aliphatic carbocycles. The van der Waals surface area contributed by atoms with Crippen LogP contribution in [0, 0.1) is 5.92 Å². The molecule has 1 aliphatic heterocycles. The second-order valence-electron chi connectivity index (χ2n) is 4.50. The number of urea groups is 1. The van der Waals surface area contributed by atoms with Crippen molar-refractivity contribution in [2.24, 2.45) is 5.92 Å². The van der Waals surface area contributed by atoms with E-state index < -0.39 is 17.9 Å². The number of carboxylic acids is 1. The molecule has 3 amide bonds. The van der Waals surface area contributed by atoms with Crippen molar-refractivity contribution in [2.75, 3.05) is 26.3 Å². The van der Waals surface area contributed by atoms with Gasteiger partial charge in [0.25, 0.3) is 0 Å². The van der Waals surface area contributed by atoms with Gasteiger partial charge in [0.2, 0.25) is 5.91 Å². The van der Waals surface area contributed by atoms with Gasteiger partial charge in [0.1, 0.15) is 0 Å². The van der Waals surface area contributed by atoms with Crippen molar-refractivity contribution in [1.29, 1.82) is 0 Å². The Kier molecular flexibility index (Phi) is 6.23. The highest BCUT2D eigenvalue weighted by atomic mass is 16.5. The molecular weight excluding hydrogens is 254 g/mol. The summed E-state index contributed by atoms with van der Waals surface area (Å²) in [7, 11) is 0. The van der Waals surface area contributed by atoms with Crippen molar-refractivity contribution in [3.05, 3.63) is 0 Å². The van der Waals surface area contributed by atoms with Crippen molar-refractivity contribution >= 4 is 17.9 Å². The highest BCUT2D eigenvalue weighted by molar-refractivity contribution is 5.94. The number of rotatable bonds is 5. The zero-order valence-corrected chi connectivity index (χ0v) is 10.8. The number of carbonyl (C=O) groups excluding carboxylic acids is 2. The SMILES string of the molecule is CC(CC(=O)O)CC(=O)NC(=O)NN1CCOCC1. The molecule has 3 N–H and O–H groups in total. The first-order valence-electron chi connectivity index (χ1n) is 6.12. The Morgan fingerprint density at radius 1 is 1.26 bits per heavy atom. The highest BCUT2D eigenvalue weighted by Gasteiger charge is 2.17. The molecule has 0 aromatic carbocycles. The third-order valence-electron chi connectivity index (χ3n) is 2.58. The van der Waals surface area contributed by atoms with Crippen molar-refractivity contribution < 1.29 is 24.2 Å². The van der Waals surface area contributed by atoms with E-state index in [0.717, 1.165) is 0 Å². The predicted molar refractivity (Wildman–Crippen MR) is 65.1 cm³/mol. The van der Waals surface area contributed by atoms with Crippen LogP contribution in [0.25, 0.3) is 0 Å². The van der Waals surface area contributed by atoms with E-state index in [2.05, 4.69) is 10.7 Å². The van der Waals surface area contributed by atoms with Crippen LogP contribution in [0.15, 0.2) is 0 Å². The minimum atomic E-state index is -0.960. The molecule has 1 aliphatic rings. The van der Waals surface area contributed by atoms with E-state index in [1.165, 1.54) is 0 Å². The summed E-state index contributed by atoms with van der Waals surface area (Å²) in [6.07, 6.45) is -0.0959. The maximum Gasteiger partial charge on any atom is 0.335 e. The molecule has 0 spiro atoms. The Hall–Kier alpha value is -1.67. The van der Waals surface area contributed by atoms with Gasteiger partial charge in [-0.3, -0.25) is 20.3 Å². The third kappa shape index (κ3) is 6.73. The number of hydrogen-bond acceptors (Lipinski definition) is 5. The summed E-state index contributed by atoms with van der Waals surface area (Å²) in [5, 5.41) is 12.4. The Labute approximate surface area is 111 Å². The predicted octanol–water partition coefficient (Wildman–Crippen LogP) is -0.440. The van der Waals surface area contributed by atoms with Gasteiger partial charge in [-0.15, -0.1) is 0 Å². The third-order valence-corrected chi connectivity index (χ3v) is 2.58. The zero-order chi connectivity index (χ0) is 14.3. The maximum atomic E-state index is 11.5. The van der Waals surface area contributed by atoms with E-state index in [4.69, 9.17) is 9.84 Å². The summed E-state index contributed by atoms with van der Waals surface area (Å²) in [6.45, 7) is 3.84. The van der Waals surface area contributed by atoms with Crippen LogP contribution < -0.4 is 10.7 Å². The number of amides is 3. The van der Waals surface area contributed by atoms with E-state index in [-0.39, 0.29) is 18.8 Å². The fourth-order valence-electron chi connectivity index (χ4n) is 1.71. The Morgan fingerprint density at radius 2 is 1.89 bits per heavy atom. The van der Waals surface area contributed by atoms with Crippen molar-refractivity contribution in [3.63, 3.8) is 0 Å². The Morgan fingerprint density at radius 3 is 2.47 bits per heavy atom. The number of aliphatic carboxylic acids is 1. The summed E-state index contributed by atoms with van der Waals surface area (Å²) >= 11 is 0. The Bertz CT molecular complexity index is 341. The minimum Gasteiger partial charge on any atom is -0.481 e. The van der Waals surface area contributed by atoms with Gasteiger partial charge in [-0.25, -0.2) is 9.80 Å². The fraction of sp³-hybridized carbons (Fsp3) is 0.727. The largest absolute Gasteiger partial charge is 0.481 e. The summed E-state index contributed by atoms with van der Waals surface area (Å²) < 4.78 is 5.12. The molecule has 19 heavy (non-hydrogen) atoms. The van der Waals surface area contributed by atoms with E-state index in [0.29, 0.717) is 26.3 Å². The van der Waals surface area contributed by atoms with Crippen LogP contribution in [0.4, 0.5) is 4.79 Å². The highest BCUT2D eigenvalue weighted by Crippen LogP contribution is 2.06. The molecule has 108 valence electrons. The van der Waals surface area contributed by atoms with Crippen molar-refractivity contribution in [1.82, 2.24) is 15.8 Å². The normalized spacial score (nSPS) is 17.5. The van der Waals surface area contributed by atoms with Gasteiger partial charge < -0.3 is 9.84 Å². The molecule has 1 heterocycles. The van der Waals surface area contributed by atoms with E-state index in [1.807, 2.05) is 0 Å². The smallest absolute Gasteiger partial charge is 0.335 e. The summed E-state index contributed by atoms with van der Waals surface area (Å²) in [5.41, 5.74) is 2.53. The van der Waals surface area contributed by atoms with Crippen molar-refractivity contribution in [2.45, 2.75) is 19.8 Å². The number of imide groups is 1. The van der Waals surface area contributed by atoms with E-state index >= 15 is 0 Å². The van der Waals surface area contributed by atoms with E-state index in [1.54, 1.807) is 11.9 Å². The van der Waals surface area contributed by atoms with Crippen LogP contribution in [-0.2, 0) is 14.3 Å². The number of hydrogen-bond donors (Lipinski definition) is 3. The van der Waals surface area contributed by atoms with Gasteiger partial charge in [-0.2, -0.15) is 0 Å².